The van der Waals surface area contributed by atoms with Crippen molar-refractivity contribution in [3.05, 3.63) is 46.0 Å². The van der Waals surface area contributed by atoms with E-state index in [1.165, 1.54) is 0 Å². The summed E-state index contributed by atoms with van der Waals surface area (Å²) >= 11 is 3.38. The molecule has 0 spiro atoms. The minimum absolute atomic E-state index is 0.403. The molecular weight excluding hydrogens is 282 g/mol. The van der Waals surface area contributed by atoms with Crippen molar-refractivity contribution in [2.75, 3.05) is 0 Å². The van der Waals surface area contributed by atoms with E-state index in [0.717, 1.165) is 10.0 Å². The largest absolute Gasteiger partial charge is 0.339 e. The lowest BCUT2D eigenvalue weighted by Gasteiger charge is -1.96. The fraction of sp³-hybridized carbons (Fsp3) is 0.250. The van der Waals surface area contributed by atoms with Gasteiger partial charge in [0.05, 0.1) is 6.07 Å². The van der Waals surface area contributed by atoms with E-state index >= 15 is 0 Å². The number of hydrogen-bond donors (Lipinski definition) is 0. The van der Waals surface area contributed by atoms with Gasteiger partial charge in [-0.05, 0) is 17.7 Å². The molecule has 17 heavy (non-hydrogen) atoms. The maximum absolute atomic E-state index is 8.45. The molecule has 4 nitrogen and oxygen atoms in total. The molecule has 2 aromatic rings. The molecule has 0 atom stereocenters. The molecule has 0 N–H and O–H groups in total. The molecular formula is C12H10BrN3O. The third-order valence-electron chi connectivity index (χ3n) is 2.24. The van der Waals surface area contributed by atoms with Crippen molar-refractivity contribution in [3.8, 4) is 6.07 Å². The second kappa shape index (κ2) is 5.60. The fourth-order valence-electron chi connectivity index (χ4n) is 1.41. The van der Waals surface area contributed by atoms with Gasteiger partial charge < -0.3 is 4.52 Å². The Kier molecular flexibility index (Phi) is 3.89. The number of aryl methyl sites for hydroxylation is 1. The van der Waals surface area contributed by atoms with Crippen LogP contribution in [0.15, 0.2) is 33.3 Å². The number of nitrogens with zero attached hydrogens (tertiary/aromatic N) is 3. The third-order valence-corrected chi connectivity index (χ3v) is 2.76. The molecule has 0 saturated heterocycles. The molecule has 0 bridgehead atoms. The summed E-state index contributed by atoms with van der Waals surface area (Å²) in [6.07, 6.45) is 1.56. The van der Waals surface area contributed by atoms with Crippen molar-refractivity contribution >= 4 is 15.9 Å². The minimum Gasteiger partial charge on any atom is -0.339 e. The predicted molar refractivity (Wildman–Crippen MR) is 65.2 cm³/mol. The number of nitriles is 1. The van der Waals surface area contributed by atoms with Crippen LogP contribution < -0.4 is 0 Å². The van der Waals surface area contributed by atoms with Crippen LogP contribution in [0.5, 0.6) is 0 Å². The van der Waals surface area contributed by atoms with Crippen LogP contribution in [0.25, 0.3) is 0 Å². The average molecular weight is 292 g/mol. The first-order chi connectivity index (χ1) is 8.28. The maximum atomic E-state index is 8.45. The minimum atomic E-state index is 0.403. The number of hydrogen-bond acceptors (Lipinski definition) is 4. The number of rotatable bonds is 4. The topological polar surface area (TPSA) is 62.7 Å². The van der Waals surface area contributed by atoms with Crippen LogP contribution in [0.2, 0.25) is 0 Å². The summed E-state index contributed by atoms with van der Waals surface area (Å²) in [5.74, 6) is 1.18. The van der Waals surface area contributed by atoms with Crippen molar-refractivity contribution in [2.45, 2.75) is 19.3 Å². The summed E-state index contributed by atoms with van der Waals surface area (Å²) < 4.78 is 6.09. The van der Waals surface area contributed by atoms with Crippen LogP contribution in [0.1, 0.15) is 23.7 Å². The van der Waals surface area contributed by atoms with Gasteiger partial charge in [-0.2, -0.15) is 10.2 Å². The van der Waals surface area contributed by atoms with Gasteiger partial charge in [0.25, 0.3) is 0 Å². The highest BCUT2D eigenvalue weighted by Gasteiger charge is 2.06. The Morgan fingerprint density at radius 2 is 2.06 bits per heavy atom. The van der Waals surface area contributed by atoms with Crippen molar-refractivity contribution in [3.63, 3.8) is 0 Å². The Labute approximate surface area is 107 Å². The van der Waals surface area contributed by atoms with Gasteiger partial charge in [-0.3, -0.25) is 0 Å². The average Bonchev–Trinajstić information content (AvgIpc) is 2.77. The molecule has 0 aliphatic rings. The number of benzene rings is 1. The molecule has 86 valence electrons. The van der Waals surface area contributed by atoms with E-state index in [1.54, 1.807) is 0 Å². The highest BCUT2D eigenvalue weighted by Crippen LogP contribution is 2.13. The van der Waals surface area contributed by atoms with Gasteiger partial charge in [0, 0.05) is 23.7 Å². The van der Waals surface area contributed by atoms with E-state index < -0.39 is 0 Å². The Morgan fingerprint density at radius 3 is 2.76 bits per heavy atom. The second-order valence-electron chi connectivity index (χ2n) is 3.57. The normalized spacial score (nSPS) is 10.1. The van der Waals surface area contributed by atoms with E-state index in [2.05, 4.69) is 26.1 Å². The van der Waals surface area contributed by atoms with Gasteiger partial charge in [0.1, 0.15) is 0 Å². The summed E-state index contributed by atoms with van der Waals surface area (Å²) in [7, 11) is 0. The highest BCUT2D eigenvalue weighted by atomic mass is 79.9. The Balaban J connectivity index is 2.01. The lowest BCUT2D eigenvalue weighted by molar-refractivity contribution is 0.375. The summed E-state index contributed by atoms with van der Waals surface area (Å²) in [6.45, 7) is 0. The lowest BCUT2D eigenvalue weighted by Crippen LogP contribution is -1.91. The van der Waals surface area contributed by atoms with Crippen LogP contribution >= 0.6 is 15.9 Å². The zero-order valence-corrected chi connectivity index (χ0v) is 10.6. The molecule has 0 amide bonds. The van der Waals surface area contributed by atoms with Gasteiger partial charge in [0.2, 0.25) is 5.89 Å². The van der Waals surface area contributed by atoms with Gasteiger partial charge in [-0.25, -0.2) is 0 Å². The first-order valence-corrected chi connectivity index (χ1v) is 6.00. The summed E-state index contributed by atoms with van der Waals surface area (Å²) in [4.78, 5) is 4.22. The molecule has 1 heterocycles. The van der Waals surface area contributed by atoms with Crippen LogP contribution in [0, 0.1) is 11.3 Å². The molecule has 1 aromatic heterocycles. The SMILES string of the molecule is N#CCCc1nc(Cc2ccc(Br)cc2)no1. The quantitative estimate of drug-likeness (QED) is 0.869. The number of aromatic nitrogens is 2. The maximum Gasteiger partial charge on any atom is 0.227 e. The fourth-order valence-corrected chi connectivity index (χ4v) is 1.68. The smallest absolute Gasteiger partial charge is 0.227 e. The molecule has 0 aliphatic carbocycles. The summed E-state index contributed by atoms with van der Waals surface area (Å²) in [5, 5.41) is 12.3. The summed E-state index contributed by atoms with van der Waals surface area (Å²) in [5.41, 5.74) is 1.13. The molecule has 0 unspecified atom stereocenters. The third kappa shape index (κ3) is 3.40. The van der Waals surface area contributed by atoms with Gasteiger partial charge in [-0.1, -0.05) is 33.2 Å². The van der Waals surface area contributed by atoms with Gasteiger partial charge in [0.15, 0.2) is 5.82 Å². The molecule has 0 saturated carbocycles. The van der Waals surface area contributed by atoms with Crippen LogP contribution in [-0.2, 0) is 12.8 Å². The van der Waals surface area contributed by atoms with E-state index in [1.807, 2.05) is 30.3 Å². The van der Waals surface area contributed by atoms with E-state index in [-0.39, 0.29) is 0 Å². The molecule has 0 fully saturated rings. The zero-order valence-electron chi connectivity index (χ0n) is 9.06. The first-order valence-electron chi connectivity index (χ1n) is 5.21. The molecule has 5 heteroatoms. The van der Waals surface area contributed by atoms with Crippen LogP contribution in [0.3, 0.4) is 0 Å². The Morgan fingerprint density at radius 1 is 1.29 bits per heavy atom. The van der Waals surface area contributed by atoms with Gasteiger partial charge >= 0.3 is 0 Å². The standard InChI is InChI=1S/C12H10BrN3O/c13-10-5-3-9(4-6-10)8-11-15-12(17-16-11)2-1-7-14/h3-6H,1-2,8H2. The van der Waals surface area contributed by atoms with E-state index in [0.29, 0.717) is 31.0 Å². The second-order valence-corrected chi connectivity index (χ2v) is 4.48. The van der Waals surface area contributed by atoms with E-state index in [4.69, 9.17) is 9.78 Å². The predicted octanol–water partition coefficient (Wildman–Crippen LogP) is 2.88. The molecule has 1 aromatic carbocycles. The molecule has 0 radical (unpaired) electrons. The van der Waals surface area contributed by atoms with Gasteiger partial charge in [-0.15, -0.1) is 0 Å². The van der Waals surface area contributed by atoms with Crippen molar-refractivity contribution in [1.82, 2.24) is 10.1 Å². The monoisotopic (exact) mass is 291 g/mol. The van der Waals surface area contributed by atoms with Crippen molar-refractivity contribution in [2.24, 2.45) is 0 Å². The Hall–Kier alpha value is -1.67. The zero-order chi connectivity index (χ0) is 12.1. The van der Waals surface area contributed by atoms with Crippen LogP contribution in [-0.4, -0.2) is 10.1 Å². The number of halogens is 1. The molecule has 0 aliphatic heterocycles. The van der Waals surface area contributed by atoms with E-state index in [9.17, 15) is 0 Å². The van der Waals surface area contributed by atoms with Crippen molar-refractivity contribution < 1.29 is 4.52 Å². The van der Waals surface area contributed by atoms with Crippen LogP contribution in [0.4, 0.5) is 0 Å². The summed E-state index contributed by atoms with van der Waals surface area (Å²) in [6, 6.07) is 10.0. The first kappa shape index (κ1) is 11.8. The lowest BCUT2D eigenvalue weighted by atomic mass is 10.1. The Bertz CT molecular complexity index is 527. The molecule has 2 rings (SSSR count). The highest BCUT2D eigenvalue weighted by molar-refractivity contribution is 9.10. The van der Waals surface area contributed by atoms with Crippen molar-refractivity contribution in [1.29, 1.82) is 5.26 Å².